The molecule has 16 heavy (non-hydrogen) atoms. The normalized spacial score (nSPS) is 14.5. The van der Waals surface area contributed by atoms with Gasteiger partial charge in [0.05, 0.1) is 6.04 Å². The maximum absolute atomic E-state index is 11.7. The number of nitrogens with one attached hydrogen (secondary N) is 2. The van der Waals surface area contributed by atoms with Crippen LogP contribution in [-0.4, -0.2) is 19.5 Å². The molecule has 0 spiro atoms. The molecule has 4 nitrogen and oxygen atoms in total. The summed E-state index contributed by atoms with van der Waals surface area (Å²) in [5.74, 6) is 1.65. The first-order valence-corrected chi connectivity index (χ1v) is 5.56. The molecule has 1 amide bonds. The zero-order valence-electron chi connectivity index (χ0n) is 10.3. The summed E-state index contributed by atoms with van der Waals surface area (Å²) in [6.07, 6.45) is 0. The minimum atomic E-state index is -0.0829. The van der Waals surface area contributed by atoms with Gasteiger partial charge in [0.25, 0.3) is 0 Å². The predicted octanol–water partition coefficient (Wildman–Crippen LogP) is 1.62. The number of carbonyl (C=O) groups excluding carboxylic acids is 1. The van der Waals surface area contributed by atoms with E-state index in [1.807, 2.05) is 40.0 Å². The van der Waals surface area contributed by atoms with E-state index < -0.39 is 0 Å². The van der Waals surface area contributed by atoms with Crippen molar-refractivity contribution in [3.63, 3.8) is 0 Å². The molecule has 0 saturated carbocycles. The summed E-state index contributed by atoms with van der Waals surface area (Å²) in [7, 11) is 1.84. The first-order valence-electron chi connectivity index (χ1n) is 5.56. The van der Waals surface area contributed by atoms with Gasteiger partial charge in [-0.05, 0) is 33.0 Å². The van der Waals surface area contributed by atoms with Crippen molar-refractivity contribution < 1.29 is 9.21 Å². The summed E-state index contributed by atoms with van der Waals surface area (Å²) in [6, 6.07) is 3.71. The Morgan fingerprint density at radius 2 is 2.12 bits per heavy atom. The zero-order chi connectivity index (χ0) is 12.1. The summed E-state index contributed by atoms with van der Waals surface area (Å²) < 4.78 is 5.46. The Morgan fingerprint density at radius 1 is 1.44 bits per heavy atom. The molecule has 2 N–H and O–H groups in total. The monoisotopic (exact) mass is 224 g/mol. The zero-order valence-corrected chi connectivity index (χ0v) is 10.3. The van der Waals surface area contributed by atoms with E-state index in [4.69, 9.17) is 4.42 Å². The average molecular weight is 224 g/mol. The van der Waals surface area contributed by atoms with Gasteiger partial charge >= 0.3 is 0 Å². The van der Waals surface area contributed by atoms with Crippen LogP contribution in [0.15, 0.2) is 16.5 Å². The van der Waals surface area contributed by atoms with Crippen LogP contribution in [-0.2, 0) is 4.79 Å². The van der Waals surface area contributed by atoms with E-state index >= 15 is 0 Å². The average Bonchev–Trinajstić information content (AvgIpc) is 2.65. The highest BCUT2D eigenvalue weighted by molar-refractivity contribution is 5.78. The Hall–Kier alpha value is -1.29. The fraction of sp³-hybridized carbons (Fsp3) is 0.583. The van der Waals surface area contributed by atoms with Gasteiger partial charge in [-0.1, -0.05) is 6.92 Å². The standard InChI is InChI=1S/C12H20N2O2/c1-8(7-13-4)12(15)14-10(3)11-6-5-9(2)16-11/h5-6,8,10,13H,7H2,1-4H3,(H,14,15). The second-order valence-corrected chi connectivity index (χ2v) is 4.14. The van der Waals surface area contributed by atoms with E-state index in [9.17, 15) is 4.79 Å². The predicted molar refractivity (Wildman–Crippen MR) is 63.1 cm³/mol. The molecule has 0 aliphatic rings. The summed E-state index contributed by atoms with van der Waals surface area (Å²) in [5, 5.41) is 5.90. The third-order valence-corrected chi connectivity index (χ3v) is 2.50. The maximum atomic E-state index is 11.7. The van der Waals surface area contributed by atoms with Gasteiger partial charge < -0.3 is 15.1 Å². The van der Waals surface area contributed by atoms with E-state index in [-0.39, 0.29) is 17.9 Å². The fourth-order valence-electron chi connectivity index (χ4n) is 1.51. The van der Waals surface area contributed by atoms with Gasteiger partial charge in [0.15, 0.2) is 0 Å². The molecule has 2 unspecified atom stereocenters. The molecule has 0 radical (unpaired) electrons. The van der Waals surface area contributed by atoms with Crippen molar-refractivity contribution in [3.05, 3.63) is 23.7 Å². The number of hydrogen-bond donors (Lipinski definition) is 2. The lowest BCUT2D eigenvalue weighted by Crippen LogP contribution is -2.35. The summed E-state index contributed by atoms with van der Waals surface area (Å²) in [5.41, 5.74) is 0. The smallest absolute Gasteiger partial charge is 0.224 e. The lowest BCUT2D eigenvalue weighted by atomic mass is 10.1. The lowest BCUT2D eigenvalue weighted by Gasteiger charge is -2.15. The van der Waals surface area contributed by atoms with E-state index in [2.05, 4.69) is 10.6 Å². The molecular weight excluding hydrogens is 204 g/mol. The van der Waals surface area contributed by atoms with Crippen LogP contribution in [0.2, 0.25) is 0 Å². The summed E-state index contributed by atoms with van der Waals surface area (Å²) in [6.45, 7) is 6.38. The quantitative estimate of drug-likeness (QED) is 0.799. The molecule has 1 aromatic heterocycles. The van der Waals surface area contributed by atoms with Crippen molar-refractivity contribution in [2.75, 3.05) is 13.6 Å². The number of furan rings is 1. The number of carbonyl (C=O) groups is 1. The molecule has 1 heterocycles. The Kier molecular flexibility index (Phi) is 4.55. The van der Waals surface area contributed by atoms with Crippen LogP contribution in [0.1, 0.15) is 31.4 Å². The molecule has 90 valence electrons. The number of aryl methyl sites for hydroxylation is 1. The van der Waals surface area contributed by atoms with Gasteiger partial charge in [0, 0.05) is 12.5 Å². The van der Waals surface area contributed by atoms with Crippen molar-refractivity contribution in [2.24, 2.45) is 5.92 Å². The summed E-state index contributed by atoms with van der Waals surface area (Å²) >= 11 is 0. The second-order valence-electron chi connectivity index (χ2n) is 4.14. The van der Waals surface area contributed by atoms with Gasteiger partial charge in [-0.15, -0.1) is 0 Å². The SMILES string of the molecule is CNCC(C)C(=O)NC(C)c1ccc(C)o1. The molecule has 0 aromatic carbocycles. The minimum absolute atomic E-state index is 0.0379. The topological polar surface area (TPSA) is 54.3 Å². The van der Waals surface area contributed by atoms with Gasteiger partial charge in [0.2, 0.25) is 5.91 Å². The highest BCUT2D eigenvalue weighted by Gasteiger charge is 2.16. The largest absolute Gasteiger partial charge is 0.464 e. The van der Waals surface area contributed by atoms with Crippen LogP contribution >= 0.6 is 0 Å². The third-order valence-electron chi connectivity index (χ3n) is 2.50. The molecule has 0 fully saturated rings. The van der Waals surface area contributed by atoms with Gasteiger partial charge in [0.1, 0.15) is 11.5 Å². The molecular formula is C12H20N2O2. The van der Waals surface area contributed by atoms with E-state index in [1.165, 1.54) is 0 Å². The number of hydrogen-bond acceptors (Lipinski definition) is 3. The molecule has 0 aliphatic heterocycles. The minimum Gasteiger partial charge on any atom is -0.464 e. The van der Waals surface area contributed by atoms with Gasteiger partial charge in [-0.2, -0.15) is 0 Å². The Bertz CT molecular complexity index is 347. The highest BCUT2D eigenvalue weighted by atomic mass is 16.3. The number of rotatable bonds is 5. The first kappa shape index (κ1) is 12.8. The Labute approximate surface area is 96.4 Å². The van der Waals surface area contributed by atoms with Crippen molar-refractivity contribution in [1.82, 2.24) is 10.6 Å². The third kappa shape index (κ3) is 3.38. The van der Waals surface area contributed by atoms with Crippen LogP contribution < -0.4 is 10.6 Å². The van der Waals surface area contributed by atoms with Gasteiger partial charge in [-0.3, -0.25) is 4.79 Å². The van der Waals surface area contributed by atoms with E-state index in [1.54, 1.807) is 0 Å². The molecule has 1 rings (SSSR count). The molecule has 0 aliphatic carbocycles. The first-order chi connectivity index (χ1) is 7.54. The van der Waals surface area contributed by atoms with Crippen LogP contribution in [0.4, 0.5) is 0 Å². The number of amides is 1. The fourth-order valence-corrected chi connectivity index (χ4v) is 1.51. The maximum Gasteiger partial charge on any atom is 0.224 e. The molecule has 1 aromatic rings. The van der Waals surface area contributed by atoms with Crippen LogP contribution in [0, 0.1) is 12.8 Å². The van der Waals surface area contributed by atoms with E-state index in [0.29, 0.717) is 6.54 Å². The highest BCUT2D eigenvalue weighted by Crippen LogP contribution is 2.15. The van der Waals surface area contributed by atoms with Crippen molar-refractivity contribution in [2.45, 2.75) is 26.8 Å². The molecule has 0 bridgehead atoms. The van der Waals surface area contributed by atoms with Crippen molar-refractivity contribution in [3.8, 4) is 0 Å². The second kappa shape index (κ2) is 5.70. The van der Waals surface area contributed by atoms with Crippen molar-refractivity contribution in [1.29, 1.82) is 0 Å². The lowest BCUT2D eigenvalue weighted by molar-refractivity contribution is -0.125. The molecule has 2 atom stereocenters. The van der Waals surface area contributed by atoms with Crippen LogP contribution in [0.5, 0.6) is 0 Å². The summed E-state index contributed by atoms with van der Waals surface area (Å²) in [4.78, 5) is 11.7. The van der Waals surface area contributed by atoms with Crippen molar-refractivity contribution >= 4 is 5.91 Å². The molecule has 0 saturated heterocycles. The Balaban J connectivity index is 2.51. The van der Waals surface area contributed by atoms with E-state index in [0.717, 1.165) is 11.5 Å². The van der Waals surface area contributed by atoms with Gasteiger partial charge in [-0.25, -0.2) is 0 Å². The van der Waals surface area contributed by atoms with Crippen LogP contribution in [0.3, 0.4) is 0 Å². The van der Waals surface area contributed by atoms with Crippen LogP contribution in [0.25, 0.3) is 0 Å². The Morgan fingerprint density at radius 3 is 2.62 bits per heavy atom. The molecule has 4 heteroatoms.